The Morgan fingerprint density at radius 2 is 0.931 bits per heavy atom. The van der Waals surface area contributed by atoms with E-state index in [1.807, 2.05) is 52.8 Å². The van der Waals surface area contributed by atoms with Gasteiger partial charge in [0, 0.05) is 75.0 Å². The van der Waals surface area contributed by atoms with Crippen LogP contribution in [0.1, 0.15) is 76.5 Å². The van der Waals surface area contributed by atoms with Crippen molar-refractivity contribution in [1.29, 1.82) is 0 Å². The molecule has 0 radical (unpaired) electrons. The van der Waals surface area contributed by atoms with Crippen LogP contribution in [0.15, 0.2) is 176 Å². The minimum Gasteiger partial charge on any atom is -0.399 e. The number of sulfone groups is 2. The molecule has 11 aromatic rings. The van der Waals surface area contributed by atoms with E-state index in [9.17, 15) is 60.4 Å². The molecule has 15 nitrogen and oxygen atoms in total. The zero-order chi connectivity index (χ0) is 73.7. The predicted molar refractivity (Wildman–Crippen MR) is 380 cm³/mol. The summed E-state index contributed by atoms with van der Waals surface area (Å²) in [6.07, 6.45) is 5.09. The topological polar surface area (TPSA) is 207 Å². The van der Waals surface area contributed by atoms with Gasteiger partial charge in [0.25, 0.3) is 0 Å². The summed E-state index contributed by atoms with van der Waals surface area (Å²) in [5.74, 6) is -5.13. The molecule has 0 atom stereocenters. The summed E-state index contributed by atoms with van der Waals surface area (Å²) in [4.78, 5) is 4.14. The number of hydrogen-bond donors (Lipinski definition) is 2. The number of rotatable bonds is 16. The molecule has 0 saturated carbocycles. The van der Waals surface area contributed by atoms with Crippen molar-refractivity contribution in [2.75, 3.05) is 27.7 Å². The number of pyridine rings is 1. The zero-order valence-electron chi connectivity index (χ0n) is 56.7. The van der Waals surface area contributed by atoms with Gasteiger partial charge in [-0.3, -0.25) is 4.72 Å². The van der Waals surface area contributed by atoms with Gasteiger partial charge < -0.3 is 15.0 Å². The van der Waals surface area contributed by atoms with Gasteiger partial charge >= 0.3 is 7.12 Å². The van der Waals surface area contributed by atoms with E-state index in [4.69, 9.17) is 15.0 Å². The highest BCUT2D eigenvalue weighted by Crippen LogP contribution is 2.38. The fourth-order valence-corrected chi connectivity index (χ4v) is 13.2. The second-order valence-electron chi connectivity index (χ2n) is 25.1. The smallest absolute Gasteiger partial charge is 0.399 e. The molecule has 1 fully saturated rings. The molecular formula is C74H72BF8N7O8S3. The highest BCUT2D eigenvalue weighted by Gasteiger charge is 2.52. The minimum atomic E-state index is -3.41. The lowest BCUT2D eigenvalue weighted by atomic mass is 9.77. The van der Waals surface area contributed by atoms with Crippen molar-refractivity contribution in [2.24, 2.45) is 0 Å². The number of anilines is 2. The molecular weight excluding hydrogens is 1370 g/mol. The van der Waals surface area contributed by atoms with Crippen molar-refractivity contribution in [3.63, 3.8) is 0 Å². The molecule has 1 aliphatic rings. The van der Waals surface area contributed by atoms with Crippen LogP contribution in [0.5, 0.6) is 0 Å². The fourth-order valence-electron chi connectivity index (χ4n) is 10.8. The first kappa shape index (κ1) is 75.7. The number of sulfonamides is 1. The quantitative estimate of drug-likeness (QED) is 0.0526. The van der Waals surface area contributed by atoms with Crippen molar-refractivity contribution in [3.05, 3.63) is 251 Å². The molecule has 528 valence electrons. The predicted octanol–water partition coefficient (Wildman–Crippen LogP) is 15.9. The summed E-state index contributed by atoms with van der Waals surface area (Å²) in [7, 11) is -10.8. The average Bonchev–Trinajstić information content (AvgIpc) is 1.61. The number of nitrogens with two attached hydrogens (primary N) is 1. The second kappa shape index (κ2) is 30.7. The molecule has 1 aliphatic heterocycles. The molecule has 0 unspecified atom stereocenters. The third kappa shape index (κ3) is 19.1. The summed E-state index contributed by atoms with van der Waals surface area (Å²) < 4.78 is 199. The number of halogens is 8. The van der Waals surface area contributed by atoms with Crippen LogP contribution in [0.2, 0.25) is 0 Å². The largest absolute Gasteiger partial charge is 0.494 e. The Hall–Kier alpha value is -9.54. The van der Waals surface area contributed by atoms with Crippen LogP contribution in [0.4, 0.5) is 46.5 Å². The number of nitrogens with zero attached hydrogens (tertiary/aromatic N) is 5. The summed E-state index contributed by atoms with van der Waals surface area (Å²) in [5, 5.41) is 8.76. The summed E-state index contributed by atoms with van der Waals surface area (Å²) >= 11 is 0. The van der Waals surface area contributed by atoms with Crippen molar-refractivity contribution < 1.29 is 69.7 Å². The third-order valence-corrected chi connectivity index (χ3v) is 21.3. The van der Waals surface area contributed by atoms with Gasteiger partial charge in [-0.05, 0) is 214 Å². The highest BCUT2D eigenvalue weighted by atomic mass is 32.2. The lowest BCUT2D eigenvalue weighted by Crippen LogP contribution is -2.41. The number of nitrogens with one attached hydrogen (secondary N) is 1. The van der Waals surface area contributed by atoms with Crippen LogP contribution in [0.3, 0.4) is 0 Å². The standard InChI is InChI=1S/C25H21F2N5O2S.C21H25BF2O4S.C15H15F2NO2S.C13H11F2N/c1-3-35(33,34)14-17-8-18(22-6-4-20(26)11-24(22)27)10-19(9-17)23-12-29-31-13-21(5-7-25(23)31)32-15-28-16(2)30-32;1-6-29(25,26)13-14-9-15(18-8-7-17(23)12-19(18)24)11-16(10-14)22-27-20(2,3)21(4,5)28-22;1-3-21(19,20)18-13-7-10(2)6-11(8-13)14-5-4-12(16)9-15(14)17;1-8-4-9(6-11(16)5-8)12-3-2-10(14)7-13(12)15/h4-13,15H,3,14H2,1-2H3;7-12H,6,13H2,1-5H3;4-9,18H,3H2,1-2H3;2-7H,16H2,1H3. The minimum absolute atomic E-state index is 0.00599. The maximum atomic E-state index is 14.6. The van der Waals surface area contributed by atoms with Crippen molar-refractivity contribution >= 4 is 59.2 Å². The molecule has 4 heterocycles. The van der Waals surface area contributed by atoms with Gasteiger partial charge in [0.05, 0.1) is 52.1 Å². The number of nitrogen functional groups attached to an aromatic ring is 1. The Kier molecular flexibility index (Phi) is 23.0. The molecule has 0 aliphatic carbocycles. The van der Waals surface area contributed by atoms with Gasteiger partial charge in [0.15, 0.2) is 19.7 Å². The number of benzene rings is 8. The molecule has 27 heteroatoms. The van der Waals surface area contributed by atoms with E-state index in [0.29, 0.717) is 67.2 Å². The van der Waals surface area contributed by atoms with Crippen molar-refractivity contribution in [3.8, 4) is 61.3 Å². The van der Waals surface area contributed by atoms with Gasteiger partial charge in [0.1, 0.15) is 58.7 Å². The van der Waals surface area contributed by atoms with E-state index in [0.717, 1.165) is 58.2 Å². The van der Waals surface area contributed by atoms with E-state index in [-0.39, 0.29) is 45.5 Å². The van der Waals surface area contributed by atoms with E-state index < -0.39 is 94.6 Å². The van der Waals surface area contributed by atoms with Crippen molar-refractivity contribution in [1.82, 2.24) is 24.4 Å². The van der Waals surface area contributed by atoms with Crippen LogP contribution >= 0.6 is 0 Å². The Morgan fingerprint density at radius 1 is 0.495 bits per heavy atom. The maximum Gasteiger partial charge on any atom is 0.494 e. The van der Waals surface area contributed by atoms with Crippen LogP contribution in [0, 0.1) is 67.3 Å². The molecule has 101 heavy (non-hydrogen) atoms. The fraction of sp³-hybridized carbons (Fsp3) is 0.230. The number of hydrogen-bond acceptors (Lipinski definition) is 12. The second-order valence-corrected chi connectivity index (χ2v) is 31.8. The van der Waals surface area contributed by atoms with E-state index >= 15 is 0 Å². The number of fused-ring (bicyclic) bond motifs is 1. The van der Waals surface area contributed by atoms with Gasteiger partial charge in [-0.25, -0.2) is 74.6 Å². The van der Waals surface area contributed by atoms with Gasteiger partial charge in [0.2, 0.25) is 10.0 Å². The molecule has 3 N–H and O–H groups in total. The summed E-state index contributed by atoms with van der Waals surface area (Å²) in [6, 6.07) is 37.5. The molecule has 3 aromatic heterocycles. The summed E-state index contributed by atoms with van der Waals surface area (Å²) in [5.41, 5.74) is 14.7. The third-order valence-electron chi connectivity index (χ3n) is 16.7. The van der Waals surface area contributed by atoms with Crippen LogP contribution < -0.4 is 15.9 Å². The highest BCUT2D eigenvalue weighted by molar-refractivity contribution is 7.92. The molecule has 0 spiro atoms. The van der Waals surface area contributed by atoms with Crippen LogP contribution in [0.25, 0.3) is 66.8 Å². The van der Waals surface area contributed by atoms with Crippen LogP contribution in [-0.2, 0) is 50.5 Å². The van der Waals surface area contributed by atoms with Crippen LogP contribution in [-0.4, -0.2) is 85.2 Å². The van der Waals surface area contributed by atoms with E-state index in [2.05, 4.69) is 19.9 Å². The lowest BCUT2D eigenvalue weighted by molar-refractivity contribution is 0.00578. The first-order chi connectivity index (χ1) is 47.4. The SMILES string of the molecule is CCS(=O)(=O)Cc1cc(-c2ccc(F)cc2F)cc(-c2cnn3cc(-n4cnc(C)n4)ccc23)c1.CCS(=O)(=O)Cc1cc(B2OC(C)(C)C(C)(C)O2)cc(-c2ccc(F)cc2F)c1.CCS(=O)(=O)Nc1cc(C)cc(-c2ccc(F)cc2F)c1.Cc1cc(N)cc(-c2ccc(F)cc2F)c1. The van der Waals surface area contributed by atoms with Gasteiger partial charge in [-0.2, -0.15) is 10.2 Å². The zero-order valence-corrected chi connectivity index (χ0v) is 59.1. The number of aromatic nitrogens is 5. The molecule has 0 amide bonds. The number of aryl methyl sites for hydroxylation is 3. The first-order valence-electron chi connectivity index (χ1n) is 31.6. The average molecular weight is 1450 g/mol. The Labute approximate surface area is 582 Å². The Morgan fingerprint density at radius 3 is 1.37 bits per heavy atom. The maximum absolute atomic E-state index is 14.6. The first-order valence-corrected chi connectivity index (χ1v) is 36.9. The van der Waals surface area contributed by atoms with Crippen molar-refractivity contribution in [2.45, 2.75) is 91.9 Å². The summed E-state index contributed by atoms with van der Waals surface area (Å²) in [6.45, 7) is 17.8. The molecule has 12 rings (SSSR count). The Balaban J connectivity index is 0.000000163. The lowest BCUT2D eigenvalue weighted by Gasteiger charge is -2.32. The normalized spacial score (nSPS) is 13.4. The monoisotopic (exact) mass is 1450 g/mol. The molecule has 8 aromatic carbocycles. The Bertz CT molecular complexity index is 5240. The van der Waals surface area contributed by atoms with E-state index in [1.165, 1.54) is 55.5 Å². The van der Waals surface area contributed by atoms with Gasteiger partial charge in [-0.1, -0.05) is 44.2 Å². The van der Waals surface area contributed by atoms with Gasteiger partial charge in [-0.15, -0.1) is 0 Å². The van der Waals surface area contributed by atoms with E-state index in [1.54, 1.807) is 116 Å². The molecule has 1 saturated heterocycles. The molecule has 0 bridgehead atoms.